The molecule has 2 heterocycles. The molecule has 0 fully saturated rings. The Morgan fingerprint density at radius 1 is 1.38 bits per heavy atom. The largest absolute Gasteiger partial charge is 0.479 e. The maximum absolute atomic E-state index is 12.1. The number of hydrogen-bond donors (Lipinski definition) is 1. The number of carbonyl (C=O) groups is 2. The van der Waals surface area contributed by atoms with Crippen molar-refractivity contribution in [3.8, 4) is 5.75 Å². The van der Waals surface area contributed by atoms with E-state index in [-0.39, 0.29) is 18.1 Å². The number of anilines is 1. The Labute approximate surface area is 125 Å². The summed E-state index contributed by atoms with van der Waals surface area (Å²) in [6.07, 6.45) is 2.26. The first-order valence-electron chi connectivity index (χ1n) is 6.34. The van der Waals surface area contributed by atoms with Gasteiger partial charge in [0.15, 0.2) is 11.9 Å². The summed E-state index contributed by atoms with van der Waals surface area (Å²) in [4.78, 5) is 28.1. The van der Waals surface area contributed by atoms with Gasteiger partial charge in [-0.3, -0.25) is 14.6 Å². The molecular formula is C15H11ClN2O3. The van der Waals surface area contributed by atoms with E-state index in [0.29, 0.717) is 22.0 Å². The van der Waals surface area contributed by atoms with E-state index < -0.39 is 6.10 Å². The van der Waals surface area contributed by atoms with Gasteiger partial charge in [0.25, 0.3) is 5.91 Å². The predicted octanol–water partition coefficient (Wildman–Crippen LogP) is 2.71. The minimum absolute atomic E-state index is 0.0144. The van der Waals surface area contributed by atoms with Gasteiger partial charge in [0, 0.05) is 11.2 Å². The third-order valence-electron chi connectivity index (χ3n) is 3.10. The number of benzene rings is 1. The van der Waals surface area contributed by atoms with E-state index in [1.807, 2.05) is 0 Å². The van der Waals surface area contributed by atoms with Crippen LogP contribution in [0.5, 0.6) is 5.75 Å². The van der Waals surface area contributed by atoms with Gasteiger partial charge in [-0.05, 0) is 30.3 Å². The van der Waals surface area contributed by atoms with Crippen molar-refractivity contribution in [3.05, 3.63) is 53.3 Å². The summed E-state index contributed by atoms with van der Waals surface area (Å²) < 4.78 is 5.58. The van der Waals surface area contributed by atoms with Crippen molar-refractivity contribution in [2.24, 2.45) is 0 Å². The zero-order valence-corrected chi connectivity index (χ0v) is 11.6. The minimum Gasteiger partial charge on any atom is -0.479 e. The van der Waals surface area contributed by atoms with Crippen molar-refractivity contribution in [2.75, 3.05) is 5.32 Å². The molecular weight excluding hydrogens is 292 g/mol. The second kappa shape index (κ2) is 5.54. The number of ketones is 1. The van der Waals surface area contributed by atoms with Gasteiger partial charge in [0.1, 0.15) is 5.75 Å². The zero-order valence-electron chi connectivity index (χ0n) is 10.9. The quantitative estimate of drug-likeness (QED) is 0.926. The first-order valence-corrected chi connectivity index (χ1v) is 6.71. The monoisotopic (exact) mass is 302 g/mol. The van der Waals surface area contributed by atoms with Crippen LogP contribution < -0.4 is 10.1 Å². The maximum Gasteiger partial charge on any atom is 0.265 e. The van der Waals surface area contributed by atoms with E-state index in [2.05, 4.69) is 10.3 Å². The summed E-state index contributed by atoms with van der Waals surface area (Å²) in [5.74, 6) is -0.163. The Bertz CT molecular complexity index is 703. The summed E-state index contributed by atoms with van der Waals surface area (Å²) in [6.45, 7) is 0. The molecule has 1 atom stereocenters. The maximum atomic E-state index is 12.1. The standard InChI is InChI=1S/C15H11ClN2O3/c16-9-3-4-13-11(6-9)12(19)7-14(21-13)15(20)18-10-2-1-5-17-8-10/h1-6,8,14H,7H2,(H,18,20)/t14-/m1/s1. The molecule has 1 aliphatic heterocycles. The van der Waals surface area contributed by atoms with Crippen LogP contribution in [0.25, 0.3) is 0 Å². The number of amides is 1. The molecule has 5 nitrogen and oxygen atoms in total. The Balaban J connectivity index is 1.78. The first kappa shape index (κ1) is 13.6. The SMILES string of the molecule is O=C1C[C@H](C(=O)Nc2cccnc2)Oc2ccc(Cl)cc21. The van der Waals surface area contributed by atoms with Gasteiger partial charge in [-0.15, -0.1) is 0 Å². The van der Waals surface area contributed by atoms with Crippen molar-refractivity contribution < 1.29 is 14.3 Å². The summed E-state index contributed by atoms with van der Waals surface area (Å²) in [7, 11) is 0. The average Bonchev–Trinajstić information content (AvgIpc) is 2.49. The average molecular weight is 303 g/mol. The van der Waals surface area contributed by atoms with Crippen LogP contribution >= 0.6 is 11.6 Å². The molecule has 1 aliphatic rings. The molecule has 0 aliphatic carbocycles. The Hall–Kier alpha value is -2.40. The smallest absolute Gasteiger partial charge is 0.265 e. The number of halogens is 1. The number of pyridine rings is 1. The summed E-state index contributed by atoms with van der Waals surface area (Å²) in [5.41, 5.74) is 0.966. The van der Waals surface area contributed by atoms with Crippen molar-refractivity contribution in [1.29, 1.82) is 0 Å². The highest BCUT2D eigenvalue weighted by Gasteiger charge is 2.31. The number of ether oxygens (including phenoxy) is 1. The van der Waals surface area contributed by atoms with Crippen LogP contribution in [0.1, 0.15) is 16.8 Å². The Kier molecular flexibility index (Phi) is 3.58. The fourth-order valence-corrected chi connectivity index (χ4v) is 2.27. The molecule has 0 unspecified atom stereocenters. The number of aromatic nitrogens is 1. The highest BCUT2D eigenvalue weighted by molar-refractivity contribution is 6.31. The molecule has 21 heavy (non-hydrogen) atoms. The van der Waals surface area contributed by atoms with Gasteiger partial charge in [0.05, 0.1) is 23.9 Å². The van der Waals surface area contributed by atoms with E-state index in [9.17, 15) is 9.59 Å². The minimum atomic E-state index is -0.855. The van der Waals surface area contributed by atoms with Crippen LogP contribution in [0.2, 0.25) is 5.02 Å². The van der Waals surface area contributed by atoms with Crippen molar-refractivity contribution >= 4 is 29.0 Å². The van der Waals surface area contributed by atoms with E-state index in [0.717, 1.165) is 0 Å². The third-order valence-corrected chi connectivity index (χ3v) is 3.34. The van der Waals surface area contributed by atoms with Crippen LogP contribution in [-0.4, -0.2) is 22.8 Å². The molecule has 1 aromatic heterocycles. The molecule has 0 saturated carbocycles. The fraction of sp³-hybridized carbons (Fsp3) is 0.133. The lowest BCUT2D eigenvalue weighted by Crippen LogP contribution is -2.38. The molecule has 1 amide bonds. The molecule has 0 radical (unpaired) electrons. The second-order valence-corrected chi connectivity index (χ2v) is 5.04. The van der Waals surface area contributed by atoms with E-state index in [1.165, 1.54) is 6.20 Å². The normalized spacial score (nSPS) is 16.8. The van der Waals surface area contributed by atoms with E-state index in [4.69, 9.17) is 16.3 Å². The van der Waals surface area contributed by atoms with Gasteiger partial charge in [-0.25, -0.2) is 0 Å². The zero-order chi connectivity index (χ0) is 14.8. The van der Waals surface area contributed by atoms with E-state index >= 15 is 0 Å². The Morgan fingerprint density at radius 2 is 2.24 bits per heavy atom. The highest BCUT2D eigenvalue weighted by atomic mass is 35.5. The lowest BCUT2D eigenvalue weighted by atomic mass is 10.0. The number of carbonyl (C=O) groups excluding carboxylic acids is 2. The number of hydrogen-bond acceptors (Lipinski definition) is 4. The molecule has 0 spiro atoms. The molecule has 6 heteroatoms. The number of fused-ring (bicyclic) bond motifs is 1. The molecule has 0 bridgehead atoms. The van der Waals surface area contributed by atoms with E-state index in [1.54, 1.807) is 36.5 Å². The molecule has 106 valence electrons. The fourth-order valence-electron chi connectivity index (χ4n) is 2.10. The Morgan fingerprint density at radius 3 is 3.00 bits per heavy atom. The highest BCUT2D eigenvalue weighted by Crippen LogP contribution is 2.30. The van der Waals surface area contributed by atoms with Gasteiger partial charge >= 0.3 is 0 Å². The van der Waals surface area contributed by atoms with Gasteiger partial charge in [-0.1, -0.05) is 11.6 Å². The topological polar surface area (TPSA) is 68.3 Å². The molecule has 3 rings (SSSR count). The number of rotatable bonds is 2. The van der Waals surface area contributed by atoms with Gasteiger partial charge in [-0.2, -0.15) is 0 Å². The van der Waals surface area contributed by atoms with Gasteiger partial charge < -0.3 is 10.1 Å². The number of Topliss-reactive ketones (excluding diaryl/α,β-unsaturated/α-hetero) is 1. The lowest BCUT2D eigenvalue weighted by Gasteiger charge is -2.24. The third kappa shape index (κ3) is 2.87. The summed E-state index contributed by atoms with van der Waals surface area (Å²) >= 11 is 5.85. The lowest BCUT2D eigenvalue weighted by molar-refractivity contribution is -0.122. The van der Waals surface area contributed by atoms with Crippen molar-refractivity contribution in [1.82, 2.24) is 4.98 Å². The molecule has 0 saturated heterocycles. The molecule has 2 aromatic rings. The van der Waals surface area contributed by atoms with Crippen molar-refractivity contribution in [2.45, 2.75) is 12.5 Å². The predicted molar refractivity (Wildman–Crippen MR) is 77.7 cm³/mol. The number of nitrogens with one attached hydrogen (secondary N) is 1. The van der Waals surface area contributed by atoms with Crippen LogP contribution in [0.3, 0.4) is 0 Å². The van der Waals surface area contributed by atoms with Gasteiger partial charge in [0.2, 0.25) is 0 Å². The van der Waals surface area contributed by atoms with Crippen LogP contribution in [-0.2, 0) is 4.79 Å². The number of nitrogens with zero attached hydrogens (tertiary/aromatic N) is 1. The van der Waals surface area contributed by atoms with Crippen molar-refractivity contribution in [3.63, 3.8) is 0 Å². The second-order valence-electron chi connectivity index (χ2n) is 4.61. The first-order chi connectivity index (χ1) is 10.1. The summed E-state index contributed by atoms with van der Waals surface area (Å²) in [6, 6.07) is 8.19. The summed E-state index contributed by atoms with van der Waals surface area (Å²) in [5, 5.41) is 3.13. The van der Waals surface area contributed by atoms with Crippen LogP contribution in [0.4, 0.5) is 5.69 Å². The van der Waals surface area contributed by atoms with Crippen LogP contribution in [0.15, 0.2) is 42.7 Å². The van der Waals surface area contributed by atoms with Crippen LogP contribution in [0, 0.1) is 0 Å². The molecule has 1 N–H and O–H groups in total. The molecule has 1 aromatic carbocycles.